The van der Waals surface area contributed by atoms with Crippen LogP contribution in [0.3, 0.4) is 0 Å². The molecule has 0 spiro atoms. The van der Waals surface area contributed by atoms with E-state index in [2.05, 4.69) is 23.2 Å². The van der Waals surface area contributed by atoms with Crippen molar-refractivity contribution in [3.05, 3.63) is 0 Å². The third-order valence-corrected chi connectivity index (χ3v) is 2.83. The first-order chi connectivity index (χ1) is 6.10. The molecule has 0 radical (unpaired) electrons. The van der Waals surface area contributed by atoms with Crippen molar-refractivity contribution in [1.29, 1.82) is 0 Å². The predicted octanol–water partition coefficient (Wildman–Crippen LogP) is 1.28. The van der Waals surface area contributed by atoms with Crippen molar-refractivity contribution < 1.29 is 9.53 Å². The number of methoxy groups -OCH3 is 1. The monoisotopic (exact) mass is 205 g/mol. The van der Waals surface area contributed by atoms with Gasteiger partial charge in [0.25, 0.3) is 0 Å². The van der Waals surface area contributed by atoms with Crippen LogP contribution in [0.5, 0.6) is 0 Å². The maximum absolute atomic E-state index is 10.9. The number of esters is 1. The lowest BCUT2D eigenvalue weighted by Crippen LogP contribution is -2.33. The number of carbonyl (C=O) groups excluding carboxylic acids is 1. The summed E-state index contributed by atoms with van der Waals surface area (Å²) >= 11 is 1.81. The average molecular weight is 205 g/mol. The molecule has 0 rings (SSSR count). The van der Waals surface area contributed by atoms with Crippen LogP contribution in [0.15, 0.2) is 0 Å². The molecule has 0 bridgehead atoms. The number of hydrogen-bond donors (Lipinski definition) is 1. The number of hydrogen-bond acceptors (Lipinski definition) is 4. The van der Waals surface area contributed by atoms with Crippen molar-refractivity contribution in [2.24, 2.45) is 0 Å². The van der Waals surface area contributed by atoms with Crippen LogP contribution >= 0.6 is 11.8 Å². The van der Waals surface area contributed by atoms with Gasteiger partial charge in [-0.25, -0.2) is 0 Å². The molecular weight excluding hydrogens is 186 g/mol. The number of rotatable bonds is 6. The van der Waals surface area contributed by atoms with Gasteiger partial charge in [-0.3, -0.25) is 4.79 Å². The van der Waals surface area contributed by atoms with E-state index in [9.17, 15) is 4.79 Å². The number of nitrogens with one attached hydrogen (secondary N) is 1. The molecule has 0 fully saturated rings. The second kappa shape index (κ2) is 7.21. The zero-order valence-electron chi connectivity index (χ0n) is 8.79. The highest BCUT2D eigenvalue weighted by Crippen LogP contribution is 2.03. The number of thioether (sulfide) groups is 1. The molecule has 3 nitrogen and oxygen atoms in total. The summed E-state index contributed by atoms with van der Waals surface area (Å²) in [6.07, 6.45) is 2.52. The van der Waals surface area contributed by atoms with Gasteiger partial charge in [-0.2, -0.15) is 11.8 Å². The molecule has 0 aliphatic heterocycles. The fourth-order valence-corrected chi connectivity index (χ4v) is 1.12. The molecular formula is C9H19NO2S. The Kier molecular flexibility index (Phi) is 7.09. The summed E-state index contributed by atoms with van der Waals surface area (Å²) in [5.41, 5.74) is 0. The van der Waals surface area contributed by atoms with E-state index in [1.54, 1.807) is 0 Å². The van der Waals surface area contributed by atoms with Gasteiger partial charge in [0.2, 0.25) is 0 Å². The van der Waals surface area contributed by atoms with Crippen LogP contribution in [0, 0.1) is 0 Å². The fourth-order valence-electron chi connectivity index (χ4n) is 0.856. The molecule has 0 heterocycles. The molecule has 1 N–H and O–H groups in total. The minimum absolute atomic E-state index is 0.156. The van der Waals surface area contributed by atoms with Gasteiger partial charge in [0, 0.05) is 17.8 Å². The van der Waals surface area contributed by atoms with Gasteiger partial charge in [-0.15, -0.1) is 0 Å². The lowest BCUT2D eigenvalue weighted by molar-refractivity contribution is -0.141. The third kappa shape index (κ3) is 6.90. The lowest BCUT2D eigenvalue weighted by Gasteiger charge is -2.15. The smallest absolute Gasteiger partial charge is 0.307 e. The first kappa shape index (κ1) is 12.8. The van der Waals surface area contributed by atoms with Gasteiger partial charge in [-0.05, 0) is 13.2 Å². The van der Waals surface area contributed by atoms with Crippen molar-refractivity contribution >= 4 is 17.7 Å². The maximum atomic E-state index is 10.9. The van der Waals surface area contributed by atoms with E-state index < -0.39 is 0 Å². The molecule has 78 valence electrons. The maximum Gasteiger partial charge on any atom is 0.307 e. The summed E-state index contributed by atoms with van der Waals surface area (Å²) in [7, 11) is 1.42. The quantitative estimate of drug-likeness (QED) is 0.663. The summed E-state index contributed by atoms with van der Waals surface area (Å²) in [5.74, 6) is -0.156. The predicted molar refractivity (Wildman–Crippen MR) is 57.1 cm³/mol. The Morgan fingerprint density at radius 1 is 1.54 bits per heavy atom. The minimum atomic E-state index is -0.156. The Hall–Kier alpha value is -0.220. The third-order valence-electron chi connectivity index (χ3n) is 1.86. The number of ether oxygens (including phenoxy) is 1. The van der Waals surface area contributed by atoms with E-state index in [1.165, 1.54) is 7.11 Å². The normalized spacial score (nSPS) is 15.1. The van der Waals surface area contributed by atoms with E-state index in [-0.39, 0.29) is 12.0 Å². The van der Waals surface area contributed by atoms with Crippen molar-refractivity contribution in [3.63, 3.8) is 0 Å². The molecule has 0 saturated heterocycles. The lowest BCUT2D eigenvalue weighted by atomic mass is 10.2. The van der Waals surface area contributed by atoms with E-state index in [0.717, 1.165) is 6.54 Å². The summed E-state index contributed by atoms with van der Waals surface area (Å²) in [6.45, 7) is 5.08. The molecule has 2 atom stereocenters. The Morgan fingerprint density at radius 2 is 2.15 bits per heavy atom. The zero-order valence-corrected chi connectivity index (χ0v) is 9.61. The van der Waals surface area contributed by atoms with Crippen LogP contribution in [0.4, 0.5) is 0 Å². The Labute approximate surface area is 84.6 Å². The Morgan fingerprint density at radius 3 is 2.62 bits per heavy atom. The molecule has 0 aliphatic rings. The first-order valence-corrected chi connectivity index (χ1v) is 5.72. The second-order valence-corrected chi connectivity index (χ2v) is 4.41. The highest BCUT2D eigenvalue weighted by Gasteiger charge is 2.09. The van der Waals surface area contributed by atoms with E-state index >= 15 is 0 Å². The SMILES string of the molecule is COC(=O)CC(C)NCC(C)SC. The number of carbonyl (C=O) groups is 1. The van der Waals surface area contributed by atoms with E-state index in [0.29, 0.717) is 11.7 Å². The van der Waals surface area contributed by atoms with Crippen molar-refractivity contribution in [2.75, 3.05) is 19.9 Å². The molecule has 0 aliphatic carbocycles. The Balaban J connectivity index is 3.50. The average Bonchev–Trinajstić information content (AvgIpc) is 2.13. The van der Waals surface area contributed by atoms with Gasteiger partial charge in [0.1, 0.15) is 0 Å². The molecule has 4 heteroatoms. The molecule has 2 unspecified atom stereocenters. The van der Waals surface area contributed by atoms with E-state index in [1.807, 2.05) is 18.7 Å². The molecule has 0 aromatic heterocycles. The summed E-state index contributed by atoms with van der Waals surface area (Å²) in [5, 5.41) is 3.86. The zero-order chi connectivity index (χ0) is 10.3. The van der Waals surface area contributed by atoms with Gasteiger partial charge in [0.05, 0.1) is 13.5 Å². The highest BCUT2D eigenvalue weighted by molar-refractivity contribution is 7.99. The van der Waals surface area contributed by atoms with Crippen LogP contribution < -0.4 is 5.32 Å². The van der Waals surface area contributed by atoms with E-state index in [4.69, 9.17) is 0 Å². The fraction of sp³-hybridized carbons (Fsp3) is 0.889. The summed E-state index contributed by atoms with van der Waals surface area (Å²) in [4.78, 5) is 10.9. The molecule has 0 aromatic carbocycles. The standard InChI is InChI=1S/C9H19NO2S/c1-7(5-9(11)12-3)10-6-8(2)13-4/h7-8,10H,5-6H2,1-4H3. The molecule has 0 aromatic rings. The second-order valence-electron chi connectivity index (χ2n) is 3.14. The Bertz CT molecular complexity index is 153. The molecule has 0 amide bonds. The van der Waals surface area contributed by atoms with Gasteiger partial charge in [-0.1, -0.05) is 6.92 Å². The van der Waals surface area contributed by atoms with Crippen LogP contribution in [-0.4, -0.2) is 37.2 Å². The highest BCUT2D eigenvalue weighted by atomic mass is 32.2. The van der Waals surface area contributed by atoms with Crippen LogP contribution in [0.2, 0.25) is 0 Å². The first-order valence-electron chi connectivity index (χ1n) is 4.43. The van der Waals surface area contributed by atoms with Gasteiger partial charge < -0.3 is 10.1 Å². The summed E-state index contributed by atoms with van der Waals surface area (Å²) in [6, 6.07) is 0.196. The van der Waals surface area contributed by atoms with Gasteiger partial charge in [0.15, 0.2) is 0 Å². The van der Waals surface area contributed by atoms with Crippen molar-refractivity contribution in [1.82, 2.24) is 5.32 Å². The van der Waals surface area contributed by atoms with Crippen LogP contribution in [0.25, 0.3) is 0 Å². The van der Waals surface area contributed by atoms with Crippen LogP contribution in [0.1, 0.15) is 20.3 Å². The topological polar surface area (TPSA) is 38.3 Å². The molecule has 0 saturated carbocycles. The van der Waals surface area contributed by atoms with Gasteiger partial charge >= 0.3 is 5.97 Å². The summed E-state index contributed by atoms with van der Waals surface area (Å²) < 4.78 is 4.57. The minimum Gasteiger partial charge on any atom is -0.469 e. The van der Waals surface area contributed by atoms with Crippen LogP contribution in [-0.2, 0) is 9.53 Å². The van der Waals surface area contributed by atoms with Crippen molar-refractivity contribution in [2.45, 2.75) is 31.6 Å². The van der Waals surface area contributed by atoms with Crippen molar-refractivity contribution in [3.8, 4) is 0 Å². The molecule has 13 heavy (non-hydrogen) atoms. The largest absolute Gasteiger partial charge is 0.469 e.